The Balaban J connectivity index is 1.61. The minimum absolute atomic E-state index is 0.0726. The molecule has 0 saturated carbocycles. The highest BCUT2D eigenvalue weighted by Gasteiger charge is 2.15. The van der Waals surface area contributed by atoms with Crippen LogP contribution in [0.2, 0.25) is 0 Å². The Morgan fingerprint density at radius 3 is 2.50 bits per heavy atom. The van der Waals surface area contributed by atoms with E-state index in [0.717, 1.165) is 24.3 Å². The number of amides is 1. The maximum Gasteiger partial charge on any atom is 0.224 e. The van der Waals surface area contributed by atoms with Crippen molar-refractivity contribution in [1.29, 1.82) is 0 Å². The molecule has 0 spiro atoms. The molecule has 1 aliphatic rings. The SMILES string of the molecule is Cc1cc(N2CCCC2)ccc1NC(=O)CC(C)c1ccccc1. The monoisotopic (exact) mass is 322 g/mol. The molecule has 24 heavy (non-hydrogen) atoms. The molecule has 0 bridgehead atoms. The number of nitrogens with zero attached hydrogens (tertiary/aromatic N) is 1. The molecule has 2 aromatic carbocycles. The Labute approximate surface area is 144 Å². The van der Waals surface area contributed by atoms with Gasteiger partial charge in [-0.2, -0.15) is 0 Å². The first-order chi connectivity index (χ1) is 11.6. The van der Waals surface area contributed by atoms with Crippen LogP contribution in [0.4, 0.5) is 11.4 Å². The highest BCUT2D eigenvalue weighted by Crippen LogP contribution is 2.26. The van der Waals surface area contributed by atoms with Gasteiger partial charge in [0.25, 0.3) is 0 Å². The molecule has 126 valence electrons. The molecule has 0 aliphatic carbocycles. The number of hydrogen-bond acceptors (Lipinski definition) is 2. The standard InChI is InChI=1S/C21H26N2O/c1-16(18-8-4-3-5-9-18)15-21(24)22-20-11-10-19(14-17(20)2)23-12-6-7-13-23/h3-5,8-11,14,16H,6-7,12-13,15H2,1-2H3,(H,22,24). The minimum Gasteiger partial charge on any atom is -0.372 e. The number of hydrogen-bond donors (Lipinski definition) is 1. The lowest BCUT2D eigenvalue weighted by Gasteiger charge is -2.19. The van der Waals surface area contributed by atoms with E-state index in [1.807, 2.05) is 24.3 Å². The Hall–Kier alpha value is -2.29. The molecule has 1 heterocycles. The lowest BCUT2D eigenvalue weighted by molar-refractivity contribution is -0.116. The molecule has 1 amide bonds. The summed E-state index contributed by atoms with van der Waals surface area (Å²) in [6.45, 7) is 6.44. The van der Waals surface area contributed by atoms with Gasteiger partial charge in [0.15, 0.2) is 0 Å². The summed E-state index contributed by atoms with van der Waals surface area (Å²) >= 11 is 0. The van der Waals surface area contributed by atoms with E-state index in [9.17, 15) is 4.79 Å². The number of carbonyl (C=O) groups is 1. The van der Waals surface area contributed by atoms with Crippen LogP contribution < -0.4 is 10.2 Å². The average Bonchev–Trinajstić information content (AvgIpc) is 3.12. The van der Waals surface area contributed by atoms with Crippen molar-refractivity contribution >= 4 is 17.3 Å². The van der Waals surface area contributed by atoms with E-state index in [0.29, 0.717) is 6.42 Å². The van der Waals surface area contributed by atoms with E-state index in [-0.39, 0.29) is 11.8 Å². The van der Waals surface area contributed by atoms with Gasteiger partial charge in [0.05, 0.1) is 0 Å². The van der Waals surface area contributed by atoms with E-state index in [1.165, 1.54) is 24.1 Å². The highest BCUT2D eigenvalue weighted by atomic mass is 16.1. The van der Waals surface area contributed by atoms with Gasteiger partial charge >= 0.3 is 0 Å². The largest absolute Gasteiger partial charge is 0.372 e. The van der Waals surface area contributed by atoms with Crippen LogP contribution in [0, 0.1) is 6.92 Å². The van der Waals surface area contributed by atoms with Crippen molar-refractivity contribution in [2.75, 3.05) is 23.3 Å². The summed E-state index contributed by atoms with van der Waals surface area (Å²) in [6.07, 6.45) is 3.04. The van der Waals surface area contributed by atoms with E-state index in [4.69, 9.17) is 0 Å². The third kappa shape index (κ3) is 3.97. The summed E-state index contributed by atoms with van der Waals surface area (Å²) in [4.78, 5) is 14.8. The Kier molecular flexibility index (Phi) is 5.19. The molecule has 1 unspecified atom stereocenters. The molecular weight excluding hydrogens is 296 g/mol. The van der Waals surface area contributed by atoms with Gasteiger partial charge in [-0.15, -0.1) is 0 Å². The summed E-state index contributed by atoms with van der Waals surface area (Å²) in [7, 11) is 0. The quantitative estimate of drug-likeness (QED) is 0.863. The zero-order chi connectivity index (χ0) is 16.9. The Morgan fingerprint density at radius 2 is 1.83 bits per heavy atom. The van der Waals surface area contributed by atoms with Gasteiger partial charge in [0.2, 0.25) is 5.91 Å². The number of nitrogens with one attached hydrogen (secondary N) is 1. The summed E-state index contributed by atoms with van der Waals surface area (Å²) in [6, 6.07) is 16.5. The van der Waals surface area contributed by atoms with Gasteiger partial charge in [0, 0.05) is 30.9 Å². The number of rotatable bonds is 5. The van der Waals surface area contributed by atoms with Crippen molar-refractivity contribution in [1.82, 2.24) is 0 Å². The minimum atomic E-state index is 0.0726. The van der Waals surface area contributed by atoms with Crippen LogP contribution in [0.5, 0.6) is 0 Å². The van der Waals surface area contributed by atoms with Crippen LogP contribution in [0.15, 0.2) is 48.5 Å². The van der Waals surface area contributed by atoms with Crippen molar-refractivity contribution in [2.45, 2.75) is 39.0 Å². The fourth-order valence-corrected chi connectivity index (χ4v) is 3.34. The fraction of sp³-hybridized carbons (Fsp3) is 0.381. The highest BCUT2D eigenvalue weighted by molar-refractivity contribution is 5.92. The Bertz CT molecular complexity index is 690. The number of carbonyl (C=O) groups excluding carboxylic acids is 1. The molecule has 1 saturated heterocycles. The molecule has 1 aliphatic heterocycles. The molecule has 3 nitrogen and oxygen atoms in total. The molecule has 2 aromatic rings. The zero-order valence-corrected chi connectivity index (χ0v) is 14.6. The van der Waals surface area contributed by atoms with Crippen LogP contribution in [-0.2, 0) is 4.79 Å². The van der Waals surface area contributed by atoms with Crippen LogP contribution >= 0.6 is 0 Å². The second-order valence-electron chi connectivity index (χ2n) is 6.76. The normalized spacial score (nSPS) is 15.3. The zero-order valence-electron chi connectivity index (χ0n) is 14.6. The van der Waals surface area contributed by atoms with Gasteiger partial charge in [-0.1, -0.05) is 37.3 Å². The maximum atomic E-state index is 12.4. The number of benzene rings is 2. The maximum absolute atomic E-state index is 12.4. The predicted octanol–water partition coefficient (Wildman–Crippen LogP) is 4.73. The van der Waals surface area contributed by atoms with Gasteiger partial charge in [0.1, 0.15) is 0 Å². The second kappa shape index (κ2) is 7.52. The van der Waals surface area contributed by atoms with Crippen molar-refractivity contribution in [3.05, 3.63) is 59.7 Å². The molecule has 1 atom stereocenters. The summed E-state index contributed by atoms with van der Waals surface area (Å²) in [5, 5.41) is 3.07. The number of anilines is 2. The number of aryl methyl sites for hydroxylation is 1. The van der Waals surface area contributed by atoms with Gasteiger partial charge < -0.3 is 10.2 Å². The summed E-state index contributed by atoms with van der Waals surface area (Å²) in [5.41, 5.74) is 4.51. The first-order valence-corrected chi connectivity index (χ1v) is 8.84. The third-order valence-corrected chi connectivity index (χ3v) is 4.82. The molecule has 1 fully saturated rings. The Morgan fingerprint density at radius 1 is 1.12 bits per heavy atom. The topological polar surface area (TPSA) is 32.3 Å². The predicted molar refractivity (Wildman–Crippen MR) is 101 cm³/mol. The van der Waals surface area contributed by atoms with Crippen molar-refractivity contribution in [2.24, 2.45) is 0 Å². The summed E-state index contributed by atoms with van der Waals surface area (Å²) < 4.78 is 0. The molecular formula is C21H26N2O. The van der Waals surface area contributed by atoms with Crippen LogP contribution in [-0.4, -0.2) is 19.0 Å². The van der Waals surface area contributed by atoms with Crippen molar-refractivity contribution in [3.63, 3.8) is 0 Å². The molecule has 3 rings (SSSR count). The van der Waals surface area contributed by atoms with Gasteiger partial charge in [-0.05, 0) is 55.0 Å². The van der Waals surface area contributed by atoms with Gasteiger partial charge in [-0.3, -0.25) is 4.79 Å². The molecule has 3 heteroatoms. The smallest absolute Gasteiger partial charge is 0.224 e. The van der Waals surface area contributed by atoms with E-state index in [1.54, 1.807) is 0 Å². The summed E-state index contributed by atoms with van der Waals surface area (Å²) in [5.74, 6) is 0.291. The van der Waals surface area contributed by atoms with E-state index >= 15 is 0 Å². The van der Waals surface area contributed by atoms with Gasteiger partial charge in [-0.25, -0.2) is 0 Å². The van der Waals surface area contributed by atoms with Crippen molar-refractivity contribution in [3.8, 4) is 0 Å². The lowest BCUT2D eigenvalue weighted by Crippen LogP contribution is -2.18. The van der Waals surface area contributed by atoms with E-state index < -0.39 is 0 Å². The molecule has 0 radical (unpaired) electrons. The second-order valence-corrected chi connectivity index (χ2v) is 6.76. The fourth-order valence-electron chi connectivity index (χ4n) is 3.34. The molecule has 0 aromatic heterocycles. The lowest BCUT2D eigenvalue weighted by atomic mass is 9.97. The third-order valence-electron chi connectivity index (χ3n) is 4.82. The van der Waals surface area contributed by atoms with E-state index in [2.05, 4.69) is 48.3 Å². The first kappa shape index (κ1) is 16.6. The van der Waals surface area contributed by atoms with Crippen LogP contribution in [0.3, 0.4) is 0 Å². The van der Waals surface area contributed by atoms with Crippen molar-refractivity contribution < 1.29 is 4.79 Å². The average molecular weight is 322 g/mol. The van der Waals surface area contributed by atoms with Crippen LogP contribution in [0.25, 0.3) is 0 Å². The van der Waals surface area contributed by atoms with Crippen LogP contribution in [0.1, 0.15) is 43.2 Å². The first-order valence-electron chi connectivity index (χ1n) is 8.84. The molecule has 1 N–H and O–H groups in total.